The Morgan fingerprint density at radius 2 is 1.92 bits per heavy atom. The molecule has 1 aromatic carbocycles. The van der Waals surface area contributed by atoms with Gasteiger partial charge in [-0.15, -0.1) is 22.7 Å². The topological polar surface area (TPSA) is 55.4 Å². The Balaban J connectivity index is 1.88. The molecule has 1 amide bonds. The van der Waals surface area contributed by atoms with E-state index in [1.165, 1.54) is 48.0 Å². The Morgan fingerprint density at radius 1 is 1.15 bits per heavy atom. The van der Waals surface area contributed by atoms with Crippen LogP contribution in [0.1, 0.15) is 15.2 Å². The fourth-order valence-electron chi connectivity index (χ4n) is 2.29. The molecule has 0 radical (unpaired) electrons. The number of hydrogen-bond donors (Lipinski definition) is 1. The van der Waals surface area contributed by atoms with E-state index >= 15 is 0 Å². The molecule has 0 aliphatic heterocycles. The van der Waals surface area contributed by atoms with Crippen LogP contribution in [0.15, 0.2) is 53.2 Å². The van der Waals surface area contributed by atoms with Crippen molar-refractivity contribution in [3.05, 3.63) is 69.5 Å². The molecule has 0 saturated carbocycles. The molecule has 2 heterocycles. The predicted molar refractivity (Wildman–Crippen MR) is 103 cm³/mol. The molecule has 0 unspecified atom stereocenters. The summed E-state index contributed by atoms with van der Waals surface area (Å²) in [6, 6.07) is 9.57. The molecular weight excluding hydrogens is 373 g/mol. The van der Waals surface area contributed by atoms with Crippen molar-refractivity contribution in [3.8, 4) is 11.1 Å². The number of benzene rings is 1. The van der Waals surface area contributed by atoms with Gasteiger partial charge in [0.2, 0.25) is 5.91 Å². The van der Waals surface area contributed by atoms with Crippen molar-refractivity contribution >= 4 is 45.6 Å². The lowest BCUT2D eigenvalue weighted by Crippen LogP contribution is -2.11. The lowest BCUT2D eigenvalue weighted by Gasteiger charge is -2.06. The number of esters is 1. The minimum atomic E-state index is -0.567. The van der Waals surface area contributed by atoms with Crippen LogP contribution in [0.2, 0.25) is 0 Å². The van der Waals surface area contributed by atoms with E-state index in [1.807, 2.05) is 17.5 Å². The van der Waals surface area contributed by atoms with E-state index in [0.717, 1.165) is 4.88 Å². The summed E-state index contributed by atoms with van der Waals surface area (Å²) in [4.78, 5) is 25.3. The molecular formula is C19H14FNO3S2. The Morgan fingerprint density at radius 3 is 2.58 bits per heavy atom. The third kappa shape index (κ3) is 4.07. The summed E-state index contributed by atoms with van der Waals surface area (Å²) >= 11 is 2.73. The van der Waals surface area contributed by atoms with Gasteiger partial charge < -0.3 is 10.1 Å². The average molecular weight is 387 g/mol. The van der Waals surface area contributed by atoms with E-state index in [0.29, 0.717) is 16.1 Å². The monoisotopic (exact) mass is 387 g/mol. The van der Waals surface area contributed by atoms with Gasteiger partial charge in [0.1, 0.15) is 16.4 Å². The number of amides is 1. The van der Waals surface area contributed by atoms with Crippen molar-refractivity contribution in [2.45, 2.75) is 0 Å². The maximum Gasteiger partial charge on any atom is 0.341 e. The average Bonchev–Trinajstić information content (AvgIpc) is 3.30. The van der Waals surface area contributed by atoms with Crippen molar-refractivity contribution in [3.63, 3.8) is 0 Å². The summed E-state index contributed by atoms with van der Waals surface area (Å²) in [5.41, 5.74) is 1.50. The van der Waals surface area contributed by atoms with Crippen LogP contribution in [0.5, 0.6) is 0 Å². The molecule has 0 aliphatic carbocycles. The second kappa shape index (κ2) is 8.07. The summed E-state index contributed by atoms with van der Waals surface area (Å²) in [6.07, 6.45) is 3.11. The molecule has 0 atom stereocenters. The Kier molecular flexibility index (Phi) is 5.60. The Bertz CT molecular complexity index is 944. The standard InChI is InChI=1S/C19H14FNO3S2/c1-24-19(23)17-15(12-4-6-13(20)7-5-12)11-26-18(17)21-16(22)9-8-14-3-2-10-25-14/h2-11H,1H3,(H,21,22). The fourth-order valence-corrected chi connectivity index (χ4v) is 3.87. The Hall–Kier alpha value is -2.77. The molecule has 26 heavy (non-hydrogen) atoms. The molecule has 0 aliphatic rings. The van der Waals surface area contributed by atoms with Crippen LogP contribution >= 0.6 is 22.7 Å². The minimum Gasteiger partial charge on any atom is -0.465 e. The number of carbonyl (C=O) groups is 2. The number of thiophene rings is 2. The number of hydrogen-bond acceptors (Lipinski definition) is 5. The summed E-state index contributed by atoms with van der Waals surface area (Å²) in [7, 11) is 1.27. The molecule has 3 aromatic rings. The number of methoxy groups -OCH3 is 1. The van der Waals surface area contributed by atoms with Gasteiger partial charge in [-0.05, 0) is 35.2 Å². The lowest BCUT2D eigenvalue weighted by atomic mass is 10.0. The number of nitrogens with one attached hydrogen (secondary N) is 1. The van der Waals surface area contributed by atoms with Gasteiger partial charge in [0, 0.05) is 21.9 Å². The zero-order valence-electron chi connectivity index (χ0n) is 13.7. The molecule has 4 nitrogen and oxygen atoms in total. The van der Waals surface area contributed by atoms with E-state index in [4.69, 9.17) is 4.74 Å². The van der Waals surface area contributed by atoms with Crippen molar-refractivity contribution in [2.75, 3.05) is 12.4 Å². The Labute approximate surface area is 157 Å². The highest BCUT2D eigenvalue weighted by Crippen LogP contribution is 2.36. The van der Waals surface area contributed by atoms with E-state index in [1.54, 1.807) is 23.6 Å². The smallest absolute Gasteiger partial charge is 0.341 e. The van der Waals surface area contributed by atoms with Crippen LogP contribution in [0.25, 0.3) is 17.2 Å². The number of carbonyl (C=O) groups excluding carboxylic acids is 2. The van der Waals surface area contributed by atoms with Crippen LogP contribution in [0, 0.1) is 5.82 Å². The van der Waals surface area contributed by atoms with E-state index in [2.05, 4.69) is 5.32 Å². The maximum absolute atomic E-state index is 13.2. The maximum atomic E-state index is 13.2. The predicted octanol–water partition coefficient (Wildman–Crippen LogP) is 5.05. The van der Waals surface area contributed by atoms with Crippen molar-refractivity contribution in [1.82, 2.24) is 0 Å². The van der Waals surface area contributed by atoms with Crippen LogP contribution < -0.4 is 5.32 Å². The summed E-state index contributed by atoms with van der Waals surface area (Å²) in [5.74, 6) is -1.28. The summed E-state index contributed by atoms with van der Waals surface area (Å²) in [5, 5.41) is 6.75. The highest BCUT2D eigenvalue weighted by atomic mass is 32.1. The number of rotatable bonds is 5. The van der Waals surface area contributed by atoms with Crippen LogP contribution in [0.4, 0.5) is 9.39 Å². The highest BCUT2D eigenvalue weighted by Gasteiger charge is 2.21. The van der Waals surface area contributed by atoms with Gasteiger partial charge in [0.05, 0.1) is 7.11 Å². The molecule has 7 heteroatoms. The van der Waals surface area contributed by atoms with Gasteiger partial charge in [0.15, 0.2) is 0 Å². The molecule has 0 spiro atoms. The molecule has 0 saturated heterocycles. The SMILES string of the molecule is COC(=O)c1c(-c2ccc(F)cc2)csc1NC(=O)C=Cc1cccs1. The second-order valence-corrected chi connectivity index (χ2v) is 7.05. The van der Waals surface area contributed by atoms with Gasteiger partial charge in [0.25, 0.3) is 0 Å². The second-order valence-electron chi connectivity index (χ2n) is 5.19. The third-order valence-corrected chi connectivity index (χ3v) is 5.25. The first-order valence-corrected chi connectivity index (χ1v) is 9.32. The largest absolute Gasteiger partial charge is 0.465 e. The molecule has 0 bridgehead atoms. The number of anilines is 1. The first kappa shape index (κ1) is 18.0. The highest BCUT2D eigenvalue weighted by molar-refractivity contribution is 7.15. The van der Waals surface area contributed by atoms with Crippen molar-refractivity contribution in [1.29, 1.82) is 0 Å². The summed E-state index contributed by atoms with van der Waals surface area (Å²) in [6.45, 7) is 0. The molecule has 2 aromatic heterocycles. The van der Waals surface area contributed by atoms with Crippen LogP contribution in [0.3, 0.4) is 0 Å². The molecule has 3 rings (SSSR count). The molecule has 1 N–H and O–H groups in total. The first-order chi connectivity index (χ1) is 12.6. The van der Waals surface area contributed by atoms with Crippen molar-refractivity contribution in [2.24, 2.45) is 0 Å². The fraction of sp³-hybridized carbons (Fsp3) is 0.0526. The third-order valence-electron chi connectivity index (χ3n) is 3.51. The van der Waals surface area contributed by atoms with Gasteiger partial charge in [-0.3, -0.25) is 4.79 Å². The lowest BCUT2D eigenvalue weighted by molar-refractivity contribution is -0.111. The molecule has 0 fully saturated rings. The van der Waals surface area contributed by atoms with Crippen molar-refractivity contribution < 1.29 is 18.7 Å². The van der Waals surface area contributed by atoms with Crippen LogP contribution in [-0.4, -0.2) is 19.0 Å². The quantitative estimate of drug-likeness (QED) is 0.492. The van der Waals surface area contributed by atoms with Gasteiger partial charge in [-0.2, -0.15) is 0 Å². The zero-order valence-corrected chi connectivity index (χ0v) is 15.3. The normalized spacial score (nSPS) is 10.8. The van der Waals surface area contributed by atoms with Gasteiger partial charge in [-0.25, -0.2) is 9.18 Å². The van der Waals surface area contributed by atoms with E-state index in [9.17, 15) is 14.0 Å². The minimum absolute atomic E-state index is 0.252. The van der Waals surface area contributed by atoms with Gasteiger partial charge in [-0.1, -0.05) is 18.2 Å². The number of halogens is 1. The van der Waals surface area contributed by atoms with Crippen LogP contribution in [-0.2, 0) is 9.53 Å². The zero-order chi connectivity index (χ0) is 18.5. The first-order valence-electron chi connectivity index (χ1n) is 7.57. The number of ether oxygens (including phenoxy) is 1. The summed E-state index contributed by atoms with van der Waals surface area (Å²) < 4.78 is 18.0. The van der Waals surface area contributed by atoms with Gasteiger partial charge >= 0.3 is 5.97 Å². The van der Waals surface area contributed by atoms with E-state index < -0.39 is 5.97 Å². The van der Waals surface area contributed by atoms with E-state index in [-0.39, 0.29) is 17.3 Å². The molecule has 132 valence electrons.